The number of ether oxygens (including phenoxy) is 4. The first-order valence-corrected chi connectivity index (χ1v) is 15.0. The zero-order valence-corrected chi connectivity index (χ0v) is 25.5. The molecule has 1 aromatic rings. The molecule has 2 bridgehead atoms. The summed E-state index contributed by atoms with van der Waals surface area (Å²) >= 11 is 0. The van der Waals surface area contributed by atoms with Gasteiger partial charge in [-0.1, -0.05) is 26.8 Å². The molecule has 0 saturated heterocycles. The van der Waals surface area contributed by atoms with Crippen molar-refractivity contribution in [3.63, 3.8) is 0 Å². The van der Waals surface area contributed by atoms with Crippen LogP contribution in [0.3, 0.4) is 0 Å². The van der Waals surface area contributed by atoms with Crippen molar-refractivity contribution in [2.45, 2.75) is 109 Å². The summed E-state index contributed by atoms with van der Waals surface area (Å²) in [5.74, 6) is 0.767. The van der Waals surface area contributed by atoms with Gasteiger partial charge < -0.3 is 30.0 Å². The summed E-state index contributed by atoms with van der Waals surface area (Å²) in [4.78, 5) is 38.5. The molecule has 0 aromatic heterocycles. The van der Waals surface area contributed by atoms with Crippen molar-refractivity contribution in [2.75, 3.05) is 13.7 Å². The average molecular weight is 571 g/mol. The molecule has 41 heavy (non-hydrogen) atoms. The van der Waals surface area contributed by atoms with Gasteiger partial charge in [0.05, 0.1) is 13.5 Å². The largest absolute Gasteiger partial charge is 0.493 e. The number of benzene rings is 1. The van der Waals surface area contributed by atoms with Crippen molar-refractivity contribution in [3.8, 4) is 11.5 Å². The van der Waals surface area contributed by atoms with E-state index in [9.17, 15) is 14.4 Å². The van der Waals surface area contributed by atoms with Crippen LogP contribution in [0.5, 0.6) is 11.5 Å². The number of nitrogens with two attached hydrogens (primary N) is 1. The summed E-state index contributed by atoms with van der Waals surface area (Å²) in [5.41, 5.74) is 8.02. The minimum atomic E-state index is -0.794. The van der Waals surface area contributed by atoms with E-state index in [0.717, 1.165) is 25.0 Å². The number of esters is 2. The zero-order valence-electron chi connectivity index (χ0n) is 25.5. The number of amides is 1. The van der Waals surface area contributed by atoms with Crippen LogP contribution >= 0.6 is 0 Å². The highest BCUT2D eigenvalue weighted by Crippen LogP contribution is 2.75. The van der Waals surface area contributed by atoms with E-state index < -0.39 is 35.6 Å². The lowest BCUT2D eigenvalue weighted by Crippen LogP contribution is -2.69. The van der Waals surface area contributed by atoms with E-state index in [2.05, 4.69) is 18.3 Å². The lowest BCUT2D eigenvalue weighted by atomic mass is 9.37. The fourth-order valence-electron chi connectivity index (χ4n) is 8.46. The van der Waals surface area contributed by atoms with E-state index >= 15 is 0 Å². The van der Waals surface area contributed by atoms with Crippen molar-refractivity contribution >= 4 is 17.8 Å². The molecule has 3 fully saturated rings. The summed E-state index contributed by atoms with van der Waals surface area (Å²) in [6, 6.07) is 3.33. The van der Waals surface area contributed by atoms with Gasteiger partial charge in [-0.25, -0.2) is 4.79 Å². The number of carbonyl (C=O) groups excluding carboxylic acids is 3. The summed E-state index contributed by atoms with van der Waals surface area (Å²) in [5, 5.41) is 2.75. The number of fused-ring (bicyclic) bond motifs is 2. The number of hydrogen-bond acceptors (Lipinski definition) is 8. The Labute approximate surface area is 243 Å². The summed E-state index contributed by atoms with van der Waals surface area (Å²) < 4.78 is 24.0. The summed E-state index contributed by atoms with van der Waals surface area (Å²) in [6.45, 7) is 11.9. The summed E-state index contributed by atoms with van der Waals surface area (Å²) in [7, 11) is 1.65. The number of hydrogen-bond donors (Lipinski definition) is 2. The number of methoxy groups -OCH3 is 1. The van der Waals surface area contributed by atoms with Crippen molar-refractivity contribution in [3.05, 3.63) is 23.3 Å². The van der Waals surface area contributed by atoms with Gasteiger partial charge >= 0.3 is 11.9 Å². The average Bonchev–Trinajstić information content (AvgIpc) is 3.11. The molecule has 1 aromatic carbocycles. The Morgan fingerprint density at radius 1 is 1.20 bits per heavy atom. The molecule has 1 aliphatic heterocycles. The Bertz CT molecular complexity index is 1220. The third-order valence-corrected chi connectivity index (χ3v) is 9.77. The van der Waals surface area contributed by atoms with Crippen LogP contribution in [-0.4, -0.2) is 55.4 Å². The highest BCUT2D eigenvalue weighted by molar-refractivity contribution is 5.86. The molecule has 7 atom stereocenters. The normalized spacial score (nSPS) is 31.6. The van der Waals surface area contributed by atoms with Gasteiger partial charge in [0.25, 0.3) is 0 Å². The number of nitrogens with one attached hydrogen (secondary N) is 1. The van der Waals surface area contributed by atoms with Crippen LogP contribution in [0.25, 0.3) is 0 Å². The molecule has 0 radical (unpaired) electrons. The molecule has 3 N–H and O–H groups in total. The maximum Gasteiger partial charge on any atom is 0.329 e. The molecule has 4 aliphatic carbocycles. The van der Waals surface area contributed by atoms with E-state index in [1.54, 1.807) is 27.9 Å². The first-order chi connectivity index (χ1) is 19.3. The Kier molecular flexibility index (Phi) is 7.58. The zero-order chi connectivity index (χ0) is 29.9. The molecule has 226 valence electrons. The molecule has 7 unspecified atom stereocenters. The van der Waals surface area contributed by atoms with Crippen molar-refractivity contribution in [2.24, 2.45) is 28.9 Å². The highest BCUT2D eigenvalue weighted by Gasteiger charge is 2.75. The second-order valence-corrected chi connectivity index (χ2v) is 14.0. The quantitative estimate of drug-likeness (QED) is 0.429. The first kappa shape index (κ1) is 29.7. The smallest absolute Gasteiger partial charge is 0.329 e. The Morgan fingerprint density at radius 2 is 1.93 bits per heavy atom. The number of rotatable bonds is 9. The van der Waals surface area contributed by atoms with Gasteiger partial charge in [-0.3, -0.25) is 9.59 Å². The van der Waals surface area contributed by atoms with E-state index in [0.29, 0.717) is 30.6 Å². The minimum Gasteiger partial charge on any atom is -0.493 e. The Morgan fingerprint density at radius 3 is 2.56 bits per heavy atom. The van der Waals surface area contributed by atoms with E-state index in [1.165, 1.54) is 11.1 Å². The predicted octanol–water partition coefficient (Wildman–Crippen LogP) is 3.82. The standard InChI is InChI=1S/C32H46N2O7/c1-17(2)25(29(37)41-30(4,5)6)34-22(35)10-11-23(36)39-21-12-13-31(16-33)15-32-24-19(14-18(3)27(31)32)8-9-20(38-7)26(24)40-28(21)32/h8-9,17-18,21,25,27-28H,10-16,33H2,1-7H3,(H,34,35). The van der Waals surface area contributed by atoms with Gasteiger partial charge in [0.15, 0.2) is 11.5 Å². The third-order valence-electron chi connectivity index (χ3n) is 9.77. The molecule has 9 nitrogen and oxygen atoms in total. The van der Waals surface area contributed by atoms with Gasteiger partial charge in [-0.15, -0.1) is 0 Å². The van der Waals surface area contributed by atoms with Crippen molar-refractivity contribution < 1.29 is 33.3 Å². The maximum atomic E-state index is 13.1. The second kappa shape index (κ2) is 10.5. The molecule has 1 amide bonds. The van der Waals surface area contributed by atoms with Gasteiger partial charge in [-0.2, -0.15) is 0 Å². The highest BCUT2D eigenvalue weighted by atomic mass is 16.6. The number of carbonyl (C=O) groups is 3. The SMILES string of the molecule is COc1ccc2c3c1OC1C(OC(=O)CCC(=O)NC(C(=O)OC(C)(C)C)C(C)C)CCC4(CN)CC31C4C(C)C2. The van der Waals surface area contributed by atoms with Crippen LogP contribution in [-0.2, 0) is 35.7 Å². The van der Waals surface area contributed by atoms with Gasteiger partial charge in [0, 0.05) is 17.4 Å². The van der Waals surface area contributed by atoms with Crippen LogP contribution < -0.4 is 20.5 Å². The summed E-state index contributed by atoms with van der Waals surface area (Å²) in [6.07, 6.45) is 2.47. The fourth-order valence-corrected chi connectivity index (χ4v) is 8.46. The molecule has 6 rings (SSSR count). The molecule has 9 heteroatoms. The van der Waals surface area contributed by atoms with Gasteiger partial charge in [-0.05, 0) is 87.8 Å². The van der Waals surface area contributed by atoms with Crippen LogP contribution in [0.15, 0.2) is 12.1 Å². The Hall–Kier alpha value is -2.81. The molecule has 1 spiro atoms. The molecule has 5 aliphatic rings. The minimum absolute atomic E-state index is 0.00202. The maximum absolute atomic E-state index is 13.1. The second-order valence-electron chi connectivity index (χ2n) is 14.0. The van der Waals surface area contributed by atoms with Crippen LogP contribution in [0, 0.1) is 23.2 Å². The third kappa shape index (κ3) is 4.88. The molecular formula is C32H46N2O7. The van der Waals surface area contributed by atoms with Crippen molar-refractivity contribution in [1.82, 2.24) is 5.32 Å². The molecule has 3 saturated carbocycles. The molecular weight excluding hydrogens is 524 g/mol. The van der Waals surface area contributed by atoms with E-state index in [1.807, 2.05) is 19.9 Å². The van der Waals surface area contributed by atoms with Gasteiger partial charge in [0.1, 0.15) is 23.9 Å². The van der Waals surface area contributed by atoms with Crippen LogP contribution in [0.1, 0.15) is 84.8 Å². The lowest BCUT2D eigenvalue weighted by Gasteiger charge is -2.66. The van der Waals surface area contributed by atoms with E-state index in [4.69, 9.17) is 24.7 Å². The van der Waals surface area contributed by atoms with Crippen LogP contribution in [0.2, 0.25) is 0 Å². The predicted molar refractivity (Wildman–Crippen MR) is 153 cm³/mol. The van der Waals surface area contributed by atoms with Crippen molar-refractivity contribution in [1.29, 1.82) is 0 Å². The van der Waals surface area contributed by atoms with E-state index in [-0.39, 0.29) is 35.7 Å². The Balaban J connectivity index is 1.29. The first-order valence-electron chi connectivity index (χ1n) is 15.0. The van der Waals surface area contributed by atoms with Crippen LogP contribution in [0.4, 0.5) is 0 Å². The fraction of sp³-hybridized carbons (Fsp3) is 0.719. The lowest BCUT2D eigenvalue weighted by molar-refractivity contribution is -0.164. The topological polar surface area (TPSA) is 126 Å². The molecule has 1 heterocycles. The monoisotopic (exact) mass is 570 g/mol. The van der Waals surface area contributed by atoms with Gasteiger partial charge in [0.2, 0.25) is 5.91 Å².